The Bertz CT molecular complexity index is 869. The van der Waals surface area contributed by atoms with E-state index in [0.29, 0.717) is 17.1 Å². The molecule has 0 bridgehead atoms. The minimum Gasteiger partial charge on any atom is -0.355 e. The summed E-state index contributed by atoms with van der Waals surface area (Å²) in [5.41, 5.74) is 1.76. The Kier molecular flexibility index (Phi) is 4.47. The minimum absolute atomic E-state index is 0.200. The van der Waals surface area contributed by atoms with Crippen LogP contribution in [0, 0.1) is 11.6 Å². The third-order valence-corrected chi connectivity index (χ3v) is 3.23. The molecule has 0 fully saturated rings. The summed E-state index contributed by atoms with van der Waals surface area (Å²) in [6.45, 7) is 0. The van der Waals surface area contributed by atoms with Crippen LogP contribution in [0.5, 0.6) is 0 Å². The van der Waals surface area contributed by atoms with Crippen molar-refractivity contribution in [2.45, 2.75) is 0 Å². The summed E-state index contributed by atoms with van der Waals surface area (Å²) in [7, 11) is 0. The van der Waals surface area contributed by atoms with E-state index in [0.717, 1.165) is 12.1 Å². The number of rotatable bonds is 4. The van der Waals surface area contributed by atoms with E-state index in [1.54, 1.807) is 18.2 Å². The SMILES string of the molecule is O=C(Nc1ccccc1)c1cc(Nc2ccc(F)c(F)c2)ccn1. The molecule has 0 spiro atoms. The molecule has 6 heteroatoms. The van der Waals surface area contributed by atoms with Crippen molar-refractivity contribution in [2.75, 3.05) is 10.6 Å². The van der Waals surface area contributed by atoms with Crippen LogP contribution in [-0.2, 0) is 0 Å². The van der Waals surface area contributed by atoms with Crippen molar-refractivity contribution in [1.82, 2.24) is 4.98 Å². The molecule has 3 rings (SSSR count). The Balaban J connectivity index is 1.76. The number of anilines is 3. The number of hydrogen-bond acceptors (Lipinski definition) is 3. The Morgan fingerprint density at radius 2 is 1.58 bits per heavy atom. The predicted octanol–water partition coefficient (Wildman–Crippen LogP) is 4.36. The monoisotopic (exact) mass is 325 g/mol. The number of pyridine rings is 1. The summed E-state index contributed by atoms with van der Waals surface area (Å²) in [6.07, 6.45) is 1.46. The van der Waals surface area contributed by atoms with Gasteiger partial charge in [-0.15, -0.1) is 0 Å². The van der Waals surface area contributed by atoms with Crippen molar-refractivity contribution in [3.8, 4) is 0 Å². The fourth-order valence-corrected chi connectivity index (χ4v) is 2.09. The lowest BCUT2D eigenvalue weighted by atomic mass is 10.2. The van der Waals surface area contributed by atoms with Gasteiger partial charge in [-0.1, -0.05) is 18.2 Å². The summed E-state index contributed by atoms with van der Waals surface area (Å²) in [5, 5.41) is 5.63. The molecule has 0 saturated heterocycles. The third-order valence-electron chi connectivity index (χ3n) is 3.23. The molecular weight excluding hydrogens is 312 g/mol. The van der Waals surface area contributed by atoms with Gasteiger partial charge in [-0.05, 0) is 36.4 Å². The molecule has 0 aliphatic rings. The summed E-state index contributed by atoms with van der Waals surface area (Å²) in [4.78, 5) is 16.2. The maximum Gasteiger partial charge on any atom is 0.274 e. The van der Waals surface area contributed by atoms with Crippen LogP contribution in [0.2, 0.25) is 0 Å². The molecule has 0 aliphatic carbocycles. The average Bonchev–Trinajstić information content (AvgIpc) is 2.59. The van der Waals surface area contributed by atoms with Crippen LogP contribution in [-0.4, -0.2) is 10.9 Å². The predicted molar refractivity (Wildman–Crippen MR) is 88.3 cm³/mol. The molecule has 24 heavy (non-hydrogen) atoms. The molecule has 2 aromatic carbocycles. The van der Waals surface area contributed by atoms with Crippen molar-refractivity contribution in [2.24, 2.45) is 0 Å². The second-order valence-electron chi connectivity index (χ2n) is 5.00. The lowest BCUT2D eigenvalue weighted by Gasteiger charge is -2.09. The summed E-state index contributed by atoms with van der Waals surface area (Å²) in [5.74, 6) is -2.23. The van der Waals surface area contributed by atoms with Crippen LogP contribution >= 0.6 is 0 Å². The number of nitrogens with zero attached hydrogens (tertiary/aromatic N) is 1. The maximum atomic E-state index is 13.2. The largest absolute Gasteiger partial charge is 0.355 e. The topological polar surface area (TPSA) is 54.0 Å². The number of halogens is 2. The van der Waals surface area contributed by atoms with Crippen molar-refractivity contribution >= 4 is 23.0 Å². The molecule has 0 saturated carbocycles. The highest BCUT2D eigenvalue weighted by atomic mass is 19.2. The van der Waals surface area contributed by atoms with Crippen LogP contribution in [0.25, 0.3) is 0 Å². The molecule has 120 valence electrons. The van der Waals surface area contributed by atoms with E-state index in [1.807, 2.05) is 18.2 Å². The highest BCUT2D eigenvalue weighted by Crippen LogP contribution is 2.19. The van der Waals surface area contributed by atoms with Gasteiger partial charge in [-0.2, -0.15) is 0 Å². The molecule has 1 amide bonds. The molecule has 4 nitrogen and oxygen atoms in total. The van der Waals surface area contributed by atoms with Crippen molar-refractivity contribution in [1.29, 1.82) is 0 Å². The Morgan fingerprint density at radius 1 is 0.833 bits per heavy atom. The smallest absolute Gasteiger partial charge is 0.274 e. The zero-order chi connectivity index (χ0) is 16.9. The fourth-order valence-electron chi connectivity index (χ4n) is 2.09. The van der Waals surface area contributed by atoms with Gasteiger partial charge in [-0.25, -0.2) is 8.78 Å². The normalized spacial score (nSPS) is 10.2. The number of amides is 1. The summed E-state index contributed by atoms with van der Waals surface area (Å²) >= 11 is 0. The van der Waals surface area contributed by atoms with Gasteiger partial charge in [0.05, 0.1) is 0 Å². The minimum atomic E-state index is -0.948. The summed E-state index contributed by atoms with van der Waals surface area (Å²) < 4.78 is 26.2. The lowest BCUT2D eigenvalue weighted by molar-refractivity contribution is 0.102. The van der Waals surface area contributed by atoms with Crippen molar-refractivity contribution in [3.05, 3.63) is 84.2 Å². The van der Waals surface area contributed by atoms with E-state index in [1.165, 1.54) is 18.3 Å². The second-order valence-corrected chi connectivity index (χ2v) is 5.00. The zero-order valence-electron chi connectivity index (χ0n) is 12.5. The number of benzene rings is 2. The lowest BCUT2D eigenvalue weighted by Crippen LogP contribution is -2.13. The van der Waals surface area contributed by atoms with Gasteiger partial charge < -0.3 is 10.6 Å². The first-order valence-electron chi connectivity index (χ1n) is 7.16. The van der Waals surface area contributed by atoms with Gasteiger partial charge in [-0.3, -0.25) is 9.78 Å². The number of aromatic nitrogens is 1. The van der Waals surface area contributed by atoms with Crippen LogP contribution in [0.3, 0.4) is 0 Å². The van der Waals surface area contributed by atoms with E-state index in [2.05, 4.69) is 15.6 Å². The Morgan fingerprint density at radius 3 is 2.33 bits per heavy atom. The Labute approximate surface area is 137 Å². The third kappa shape index (κ3) is 3.73. The number of para-hydroxylation sites is 1. The molecule has 0 aliphatic heterocycles. The van der Waals surface area contributed by atoms with Gasteiger partial charge in [0.25, 0.3) is 5.91 Å². The van der Waals surface area contributed by atoms with Gasteiger partial charge in [0.2, 0.25) is 0 Å². The first-order chi connectivity index (χ1) is 11.6. The summed E-state index contributed by atoms with van der Waals surface area (Å²) in [6, 6.07) is 15.6. The van der Waals surface area contributed by atoms with E-state index in [-0.39, 0.29) is 11.6 Å². The van der Waals surface area contributed by atoms with E-state index < -0.39 is 11.6 Å². The van der Waals surface area contributed by atoms with Crippen LogP contribution in [0.15, 0.2) is 66.9 Å². The highest BCUT2D eigenvalue weighted by Gasteiger charge is 2.09. The Hall–Kier alpha value is -3.28. The number of hydrogen-bond donors (Lipinski definition) is 2. The molecule has 0 atom stereocenters. The molecule has 1 aromatic heterocycles. The van der Waals surface area contributed by atoms with Gasteiger partial charge in [0.15, 0.2) is 11.6 Å². The van der Waals surface area contributed by atoms with Crippen LogP contribution < -0.4 is 10.6 Å². The van der Waals surface area contributed by atoms with Gasteiger partial charge >= 0.3 is 0 Å². The van der Waals surface area contributed by atoms with Gasteiger partial charge in [0, 0.05) is 29.3 Å². The zero-order valence-corrected chi connectivity index (χ0v) is 12.5. The molecule has 2 N–H and O–H groups in total. The van der Waals surface area contributed by atoms with E-state index >= 15 is 0 Å². The second kappa shape index (κ2) is 6.87. The highest BCUT2D eigenvalue weighted by molar-refractivity contribution is 6.03. The van der Waals surface area contributed by atoms with Gasteiger partial charge in [0.1, 0.15) is 5.69 Å². The maximum absolute atomic E-state index is 13.2. The van der Waals surface area contributed by atoms with E-state index in [4.69, 9.17) is 0 Å². The van der Waals surface area contributed by atoms with E-state index in [9.17, 15) is 13.6 Å². The van der Waals surface area contributed by atoms with Crippen molar-refractivity contribution < 1.29 is 13.6 Å². The quantitative estimate of drug-likeness (QED) is 0.749. The number of nitrogens with one attached hydrogen (secondary N) is 2. The van der Waals surface area contributed by atoms with Crippen LogP contribution in [0.1, 0.15) is 10.5 Å². The molecular formula is C18H13F2N3O. The molecule has 0 unspecified atom stereocenters. The average molecular weight is 325 g/mol. The van der Waals surface area contributed by atoms with Crippen molar-refractivity contribution in [3.63, 3.8) is 0 Å². The first kappa shape index (κ1) is 15.6. The number of carbonyl (C=O) groups is 1. The number of carbonyl (C=O) groups excluding carboxylic acids is 1. The van der Waals surface area contributed by atoms with Crippen LogP contribution in [0.4, 0.5) is 25.8 Å². The first-order valence-corrected chi connectivity index (χ1v) is 7.16. The standard InChI is InChI=1S/C18H13F2N3O/c19-15-7-6-13(10-16(15)20)22-14-8-9-21-17(11-14)18(24)23-12-4-2-1-3-5-12/h1-11H,(H,21,22)(H,23,24). The molecule has 0 radical (unpaired) electrons. The molecule has 1 heterocycles. The fraction of sp³-hybridized carbons (Fsp3) is 0. The molecule has 3 aromatic rings.